The normalized spacial score (nSPS) is 12.2. The van der Waals surface area contributed by atoms with Crippen molar-refractivity contribution >= 4 is 21.9 Å². The van der Waals surface area contributed by atoms with Crippen LogP contribution < -0.4 is 10.5 Å². The molecule has 150 valence electrons. The summed E-state index contributed by atoms with van der Waals surface area (Å²) in [6.45, 7) is 1.34. The molecule has 0 heterocycles. The van der Waals surface area contributed by atoms with Gasteiger partial charge in [-0.1, -0.05) is 43.7 Å². The van der Waals surface area contributed by atoms with Crippen LogP contribution in [0.15, 0.2) is 53.4 Å². The number of halogens is 1. The number of sulfonamides is 1. The number of nitrogens with two attached hydrogens (primary N) is 1. The summed E-state index contributed by atoms with van der Waals surface area (Å²) in [5.74, 6) is -2.70. The molecule has 0 saturated heterocycles. The van der Waals surface area contributed by atoms with E-state index in [0.29, 0.717) is 6.42 Å². The highest BCUT2D eigenvalue weighted by atomic mass is 32.2. The molecular weight excluding hydrogens is 387 g/mol. The Morgan fingerprint density at radius 1 is 1.18 bits per heavy atom. The van der Waals surface area contributed by atoms with Crippen LogP contribution >= 0.6 is 0 Å². The quantitative estimate of drug-likeness (QED) is 0.650. The second-order valence-electron chi connectivity index (χ2n) is 6.08. The van der Waals surface area contributed by atoms with E-state index in [-0.39, 0.29) is 6.04 Å². The molecule has 0 aliphatic carbocycles. The standard InChI is InChI=1S/C19H21FN2O5S/c1-2-6-17(13-7-4-3-5-8-13)22-18(23)12-27-19(24)15-11-14(28(21,25)26)9-10-16(15)20/h3-5,7-11,17H,2,6,12H2,1H3,(H,22,23)(H2,21,25,26)/t17-/m0/s1. The highest BCUT2D eigenvalue weighted by molar-refractivity contribution is 7.89. The number of hydrogen-bond acceptors (Lipinski definition) is 5. The van der Waals surface area contributed by atoms with Crippen LogP contribution in [0.4, 0.5) is 4.39 Å². The summed E-state index contributed by atoms with van der Waals surface area (Å²) in [5, 5.41) is 7.74. The Hall–Kier alpha value is -2.78. The highest BCUT2D eigenvalue weighted by Crippen LogP contribution is 2.18. The van der Waals surface area contributed by atoms with E-state index in [1.165, 1.54) is 0 Å². The molecule has 0 aliphatic rings. The van der Waals surface area contributed by atoms with Crippen LogP contribution in [0.25, 0.3) is 0 Å². The Morgan fingerprint density at radius 2 is 1.86 bits per heavy atom. The predicted octanol–water partition coefficient (Wildman–Crippen LogP) is 2.29. The monoisotopic (exact) mass is 408 g/mol. The van der Waals surface area contributed by atoms with Gasteiger partial charge in [0, 0.05) is 0 Å². The first-order valence-corrected chi connectivity index (χ1v) is 10.1. The lowest BCUT2D eigenvalue weighted by molar-refractivity contribution is -0.125. The Bertz CT molecular complexity index is 948. The number of rotatable bonds is 8. The van der Waals surface area contributed by atoms with Crippen molar-refractivity contribution in [1.82, 2.24) is 5.32 Å². The average Bonchev–Trinajstić information content (AvgIpc) is 2.66. The van der Waals surface area contributed by atoms with Crippen molar-refractivity contribution in [2.24, 2.45) is 5.14 Å². The van der Waals surface area contributed by atoms with Crippen LogP contribution in [-0.4, -0.2) is 26.9 Å². The second-order valence-corrected chi connectivity index (χ2v) is 7.64. The SMILES string of the molecule is CCC[C@H](NC(=O)COC(=O)c1cc(S(N)(=O)=O)ccc1F)c1ccccc1. The van der Waals surface area contributed by atoms with E-state index in [2.05, 4.69) is 5.32 Å². The van der Waals surface area contributed by atoms with Gasteiger partial charge in [-0.25, -0.2) is 22.7 Å². The van der Waals surface area contributed by atoms with Crippen LogP contribution in [0.5, 0.6) is 0 Å². The van der Waals surface area contributed by atoms with Crippen molar-refractivity contribution in [1.29, 1.82) is 0 Å². The van der Waals surface area contributed by atoms with E-state index in [1.54, 1.807) is 0 Å². The molecule has 1 atom stereocenters. The Kier molecular flexibility index (Phi) is 7.24. The molecule has 0 unspecified atom stereocenters. The summed E-state index contributed by atoms with van der Waals surface area (Å²) in [5.41, 5.74) is 0.295. The second kappa shape index (κ2) is 9.43. The summed E-state index contributed by atoms with van der Waals surface area (Å²) in [6.07, 6.45) is 1.51. The van der Waals surface area contributed by atoms with Gasteiger partial charge in [-0.2, -0.15) is 0 Å². The van der Waals surface area contributed by atoms with Crippen LogP contribution in [-0.2, 0) is 19.6 Å². The van der Waals surface area contributed by atoms with Gasteiger partial charge in [0.15, 0.2) is 6.61 Å². The highest BCUT2D eigenvalue weighted by Gasteiger charge is 2.20. The van der Waals surface area contributed by atoms with Crippen LogP contribution in [0, 0.1) is 5.82 Å². The molecule has 0 aliphatic heterocycles. The third kappa shape index (κ3) is 5.86. The molecule has 0 spiro atoms. The maximum atomic E-state index is 13.8. The molecule has 2 rings (SSSR count). The lowest BCUT2D eigenvalue weighted by atomic mass is 10.0. The van der Waals surface area contributed by atoms with E-state index in [9.17, 15) is 22.4 Å². The van der Waals surface area contributed by atoms with Crippen molar-refractivity contribution in [2.75, 3.05) is 6.61 Å². The van der Waals surface area contributed by atoms with Gasteiger partial charge in [0.25, 0.3) is 5.91 Å². The van der Waals surface area contributed by atoms with Crippen molar-refractivity contribution in [2.45, 2.75) is 30.7 Å². The lowest BCUT2D eigenvalue weighted by Gasteiger charge is -2.18. The lowest BCUT2D eigenvalue weighted by Crippen LogP contribution is -2.32. The van der Waals surface area contributed by atoms with E-state index >= 15 is 0 Å². The van der Waals surface area contributed by atoms with Gasteiger partial charge < -0.3 is 10.1 Å². The van der Waals surface area contributed by atoms with Crippen molar-refractivity contribution in [3.63, 3.8) is 0 Å². The maximum Gasteiger partial charge on any atom is 0.341 e. The summed E-state index contributed by atoms with van der Waals surface area (Å²) < 4.78 is 41.3. The molecular formula is C19H21FN2O5S. The van der Waals surface area contributed by atoms with Gasteiger partial charge in [0.1, 0.15) is 5.82 Å². The minimum absolute atomic E-state index is 0.250. The zero-order valence-electron chi connectivity index (χ0n) is 15.2. The fourth-order valence-electron chi connectivity index (χ4n) is 2.58. The number of esters is 1. The number of carbonyl (C=O) groups excluding carboxylic acids is 2. The number of benzene rings is 2. The summed E-state index contributed by atoms with van der Waals surface area (Å²) in [6, 6.07) is 11.6. The number of hydrogen-bond donors (Lipinski definition) is 2. The third-order valence-corrected chi connectivity index (χ3v) is 4.85. The van der Waals surface area contributed by atoms with Gasteiger partial charge in [-0.3, -0.25) is 4.79 Å². The number of ether oxygens (including phenoxy) is 1. The number of carbonyl (C=O) groups is 2. The van der Waals surface area contributed by atoms with Gasteiger partial charge >= 0.3 is 5.97 Å². The average molecular weight is 408 g/mol. The molecule has 0 saturated carbocycles. The minimum Gasteiger partial charge on any atom is -0.452 e. The smallest absolute Gasteiger partial charge is 0.341 e. The molecule has 28 heavy (non-hydrogen) atoms. The number of primary sulfonamides is 1. The molecule has 0 bridgehead atoms. The van der Waals surface area contributed by atoms with E-state index in [0.717, 1.165) is 30.2 Å². The Balaban J connectivity index is 2.03. The fourth-order valence-corrected chi connectivity index (χ4v) is 3.12. The van der Waals surface area contributed by atoms with Crippen LogP contribution in [0.3, 0.4) is 0 Å². The first kappa shape index (κ1) is 21.5. The van der Waals surface area contributed by atoms with Crippen molar-refractivity contribution in [3.8, 4) is 0 Å². The molecule has 0 aromatic heterocycles. The van der Waals surface area contributed by atoms with Gasteiger partial charge in [-0.05, 0) is 30.2 Å². The van der Waals surface area contributed by atoms with Crippen LogP contribution in [0.2, 0.25) is 0 Å². The Labute approximate surface area is 162 Å². The topological polar surface area (TPSA) is 116 Å². The first-order valence-electron chi connectivity index (χ1n) is 8.56. The molecule has 2 aromatic carbocycles. The molecule has 0 radical (unpaired) electrons. The summed E-state index contributed by atoms with van der Waals surface area (Å²) >= 11 is 0. The van der Waals surface area contributed by atoms with E-state index < -0.39 is 44.8 Å². The molecule has 2 aromatic rings. The predicted molar refractivity (Wildman–Crippen MR) is 100 cm³/mol. The summed E-state index contributed by atoms with van der Waals surface area (Å²) in [7, 11) is -4.11. The molecule has 7 nitrogen and oxygen atoms in total. The minimum atomic E-state index is -4.11. The molecule has 9 heteroatoms. The van der Waals surface area contributed by atoms with Crippen LogP contribution in [0.1, 0.15) is 41.7 Å². The zero-order chi connectivity index (χ0) is 20.7. The van der Waals surface area contributed by atoms with Crippen molar-refractivity contribution in [3.05, 3.63) is 65.5 Å². The van der Waals surface area contributed by atoms with E-state index in [4.69, 9.17) is 9.88 Å². The molecule has 3 N–H and O–H groups in total. The largest absolute Gasteiger partial charge is 0.452 e. The zero-order valence-corrected chi connectivity index (χ0v) is 16.0. The summed E-state index contributed by atoms with van der Waals surface area (Å²) in [4.78, 5) is 23.8. The number of nitrogens with one attached hydrogen (secondary N) is 1. The van der Waals surface area contributed by atoms with Gasteiger partial charge in [-0.15, -0.1) is 0 Å². The fraction of sp³-hybridized carbons (Fsp3) is 0.263. The number of amides is 1. The van der Waals surface area contributed by atoms with Gasteiger partial charge in [0.2, 0.25) is 10.0 Å². The molecule has 1 amide bonds. The van der Waals surface area contributed by atoms with Gasteiger partial charge in [0.05, 0.1) is 16.5 Å². The van der Waals surface area contributed by atoms with Crippen molar-refractivity contribution < 1.29 is 27.1 Å². The molecule has 0 fully saturated rings. The third-order valence-electron chi connectivity index (χ3n) is 3.94. The maximum absolute atomic E-state index is 13.8. The first-order chi connectivity index (χ1) is 13.2. The van der Waals surface area contributed by atoms with E-state index in [1.807, 2.05) is 37.3 Å². The Morgan fingerprint density at radius 3 is 2.46 bits per heavy atom.